The molecule has 1 aromatic heterocycles. The summed E-state index contributed by atoms with van der Waals surface area (Å²) >= 11 is 5.72. The van der Waals surface area contributed by atoms with Crippen molar-refractivity contribution < 1.29 is 14.5 Å². The molecule has 2 N–H and O–H groups in total. The molecule has 9 heteroatoms. The van der Waals surface area contributed by atoms with E-state index in [-0.39, 0.29) is 22.9 Å². The quantitative estimate of drug-likeness (QED) is 0.407. The molecule has 0 unspecified atom stereocenters. The highest BCUT2D eigenvalue weighted by Crippen LogP contribution is 2.27. The van der Waals surface area contributed by atoms with E-state index < -0.39 is 16.7 Å². The summed E-state index contributed by atoms with van der Waals surface area (Å²) in [4.78, 5) is 38.5. The van der Waals surface area contributed by atoms with Crippen LogP contribution in [0.3, 0.4) is 0 Å². The van der Waals surface area contributed by atoms with Crippen LogP contribution in [0.25, 0.3) is 10.9 Å². The first-order valence-corrected chi connectivity index (χ1v) is 8.19. The van der Waals surface area contributed by atoms with E-state index in [2.05, 4.69) is 15.6 Å². The first-order valence-electron chi connectivity index (χ1n) is 7.81. The van der Waals surface area contributed by atoms with Crippen LogP contribution < -0.4 is 10.6 Å². The Morgan fingerprint density at radius 1 is 1.11 bits per heavy atom. The van der Waals surface area contributed by atoms with Crippen LogP contribution in [0, 0.1) is 10.1 Å². The number of nitrogens with one attached hydrogen (secondary N) is 2. The minimum Gasteiger partial charge on any atom is -0.344 e. The van der Waals surface area contributed by atoms with Crippen LogP contribution in [0.2, 0.25) is 5.02 Å². The summed E-state index contributed by atoms with van der Waals surface area (Å²) in [6, 6.07) is 13.0. The number of para-hydroxylation sites is 1. The lowest BCUT2D eigenvalue weighted by molar-refractivity contribution is -0.384. The molecule has 0 saturated heterocycles. The fraction of sp³-hybridized carbons (Fsp3) is 0.0556. The van der Waals surface area contributed by atoms with Gasteiger partial charge in [-0.3, -0.25) is 24.7 Å². The molecule has 0 radical (unpaired) electrons. The van der Waals surface area contributed by atoms with E-state index in [9.17, 15) is 19.7 Å². The third-order valence-electron chi connectivity index (χ3n) is 3.76. The highest BCUT2D eigenvalue weighted by molar-refractivity contribution is 6.39. The van der Waals surface area contributed by atoms with Crippen molar-refractivity contribution in [2.24, 2.45) is 0 Å². The Morgan fingerprint density at radius 2 is 1.89 bits per heavy atom. The highest BCUT2D eigenvalue weighted by Gasteiger charge is 2.17. The largest absolute Gasteiger partial charge is 0.344 e. The Balaban J connectivity index is 1.67. The van der Waals surface area contributed by atoms with Gasteiger partial charge in [0, 0.05) is 29.9 Å². The number of carbonyl (C=O) groups excluding carboxylic acids is 2. The molecular weight excluding hydrogens is 372 g/mol. The summed E-state index contributed by atoms with van der Waals surface area (Å²) in [5, 5.41) is 16.6. The molecule has 0 aliphatic heterocycles. The second-order valence-corrected chi connectivity index (χ2v) is 5.96. The number of pyridine rings is 1. The number of carbonyl (C=O) groups is 2. The number of hydrogen-bond donors (Lipinski definition) is 2. The predicted molar refractivity (Wildman–Crippen MR) is 100 cm³/mol. The molecule has 3 aromatic rings. The summed E-state index contributed by atoms with van der Waals surface area (Å²) < 4.78 is 0. The van der Waals surface area contributed by atoms with E-state index in [1.165, 1.54) is 12.1 Å². The van der Waals surface area contributed by atoms with Crippen molar-refractivity contribution in [2.45, 2.75) is 6.54 Å². The van der Waals surface area contributed by atoms with Gasteiger partial charge in [-0.25, -0.2) is 0 Å². The average Bonchev–Trinajstić information content (AvgIpc) is 2.67. The molecule has 1 heterocycles. The minimum absolute atomic E-state index is 0.0640. The fourth-order valence-electron chi connectivity index (χ4n) is 2.48. The lowest BCUT2D eigenvalue weighted by Crippen LogP contribution is -2.35. The number of fused-ring (bicyclic) bond motifs is 1. The first-order chi connectivity index (χ1) is 13.0. The van der Waals surface area contributed by atoms with Gasteiger partial charge >= 0.3 is 11.8 Å². The lowest BCUT2D eigenvalue weighted by atomic mass is 10.1. The zero-order valence-electron chi connectivity index (χ0n) is 13.8. The number of hydrogen-bond acceptors (Lipinski definition) is 5. The molecule has 3 rings (SSSR count). The monoisotopic (exact) mass is 384 g/mol. The Morgan fingerprint density at radius 3 is 2.67 bits per heavy atom. The Bertz CT molecular complexity index is 1050. The third-order valence-corrected chi connectivity index (χ3v) is 4.08. The van der Waals surface area contributed by atoms with Gasteiger partial charge in [0.1, 0.15) is 5.02 Å². The topological polar surface area (TPSA) is 114 Å². The Kier molecular flexibility index (Phi) is 5.28. The number of nitro benzene ring substituents is 1. The second-order valence-electron chi connectivity index (χ2n) is 5.55. The third kappa shape index (κ3) is 4.18. The number of rotatable bonds is 4. The van der Waals surface area contributed by atoms with Crippen LogP contribution in [-0.2, 0) is 16.1 Å². The normalized spacial score (nSPS) is 10.4. The molecule has 8 nitrogen and oxygen atoms in total. The molecule has 0 saturated carbocycles. The lowest BCUT2D eigenvalue weighted by Gasteiger charge is -2.08. The Labute approximate surface area is 158 Å². The van der Waals surface area contributed by atoms with Crippen LogP contribution in [-0.4, -0.2) is 21.7 Å². The first kappa shape index (κ1) is 18.3. The molecule has 0 atom stereocenters. The molecule has 0 fully saturated rings. The number of amides is 2. The number of halogens is 1. The van der Waals surface area contributed by atoms with Gasteiger partial charge in [0.15, 0.2) is 0 Å². The van der Waals surface area contributed by atoms with Gasteiger partial charge in [-0.2, -0.15) is 0 Å². The maximum atomic E-state index is 12.0. The standard InChI is InChI=1S/C18H13ClN4O4/c19-14-7-6-13(9-15(14)23(26)27)22-18(25)17(24)21-10-12-4-1-3-11-5-2-8-20-16(11)12/h1-9H,10H2,(H,21,24)(H,22,25). The molecule has 0 bridgehead atoms. The van der Waals surface area contributed by atoms with Gasteiger partial charge in [0.2, 0.25) is 0 Å². The summed E-state index contributed by atoms with van der Waals surface area (Å²) in [7, 11) is 0. The van der Waals surface area contributed by atoms with Crippen LogP contribution in [0.1, 0.15) is 5.56 Å². The van der Waals surface area contributed by atoms with Gasteiger partial charge < -0.3 is 10.6 Å². The molecule has 2 aromatic carbocycles. The van der Waals surface area contributed by atoms with Crippen LogP contribution >= 0.6 is 11.6 Å². The van der Waals surface area contributed by atoms with Gasteiger partial charge in [-0.15, -0.1) is 0 Å². The maximum absolute atomic E-state index is 12.0. The van der Waals surface area contributed by atoms with Crippen LogP contribution in [0.5, 0.6) is 0 Å². The number of nitro groups is 1. The van der Waals surface area contributed by atoms with E-state index in [1.54, 1.807) is 12.3 Å². The number of anilines is 1. The molecular formula is C18H13ClN4O4. The van der Waals surface area contributed by atoms with Crippen LogP contribution in [0.4, 0.5) is 11.4 Å². The molecule has 0 aliphatic carbocycles. The molecule has 27 heavy (non-hydrogen) atoms. The van der Waals surface area contributed by atoms with Crippen LogP contribution in [0.15, 0.2) is 54.7 Å². The van der Waals surface area contributed by atoms with E-state index >= 15 is 0 Å². The van der Waals surface area contributed by atoms with Crippen molar-refractivity contribution in [1.82, 2.24) is 10.3 Å². The van der Waals surface area contributed by atoms with Gasteiger partial charge in [-0.05, 0) is 23.8 Å². The van der Waals surface area contributed by atoms with Crippen molar-refractivity contribution >= 4 is 45.7 Å². The summed E-state index contributed by atoms with van der Waals surface area (Å²) in [6.07, 6.45) is 1.65. The van der Waals surface area contributed by atoms with Crippen molar-refractivity contribution in [3.63, 3.8) is 0 Å². The average molecular weight is 385 g/mol. The predicted octanol–water partition coefficient (Wildman–Crippen LogP) is 3.05. The number of benzene rings is 2. The maximum Gasteiger partial charge on any atom is 0.313 e. The zero-order valence-corrected chi connectivity index (χ0v) is 14.6. The van der Waals surface area contributed by atoms with Gasteiger partial charge in [0.25, 0.3) is 5.69 Å². The van der Waals surface area contributed by atoms with E-state index in [1.807, 2.05) is 24.3 Å². The van der Waals surface area contributed by atoms with E-state index in [0.717, 1.165) is 22.5 Å². The fourth-order valence-corrected chi connectivity index (χ4v) is 2.67. The van der Waals surface area contributed by atoms with Gasteiger partial charge in [-0.1, -0.05) is 35.9 Å². The SMILES string of the molecule is O=C(NCc1cccc2cccnc12)C(=O)Nc1ccc(Cl)c([N+](=O)[O-])c1. The second kappa shape index (κ2) is 7.79. The van der Waals surface area contributed by atoms with Crippen molar-refractivity contribution in [3.8, 4) is 0 Å². The minimum atomic E-state index is -0.945. The number of aromatic nitrogens is 1. The molecule has 136 valence electrons. The molecule has 0 aliphatic rings. The summed E-state index contributed by atoms with van der Waals surface area (Å²) in [5.74, 6) is -1.82. The smallest absolute Gasteiger partial charge is 0.313 e. The van der Waals surface area contributed by atoms with Crippen molar-refractivity contribution in [2.75, 3.05) is 5.32 Å². The zero-order chi connectivity index (χ0) is 19.4. The number of nitrogens with zero attached hydrogens (tertiary/aromatic N) is 2. The van der Waals surface area contributed by atoms with Crippen molar-refractivity contribution in [3.05, 3.63) is 75.4 Å². The highest BCUT2D eigenvalue weighted by atomic mass is 35.5. The molecule has 2 amide bonds. The van der Waals surface area contributed by atoms with E-state index in [4.69, 9.17) is 11.6 Å². The summed E-state index contributed by atoms with van der Waals surface area (Å²) in [6.45, 7) is 0.112. The summed E-state index contributed by atoms with van der Waals surface area (Å²) in [5.41, 5.74) is 1.22. The van der Waals surface area contributed by atoms with Crippen molar-refractivity contribution in [1.29, 1.82) is 0 Å². The Hall–Kier alpha value is -3.52. The molecule has 0 spiro atoms. The van der Waals surface area contributed by atoms with Gasteiger partial charge in [0.05, 0.1) is 10.4 Å². The van der Waals surface area contributed by atoms with E-state index in [0.29, 0.717) is 0 Å².